The lowest BCUT2D eigenvalue weighted by Gasteiger charge is -2.38. The summed E-state index contributed by atoms with van der Waals surface area (Å²) < 4.78 is 24.3. The number of sulfonamides is 1. The van der Waals surface area contributed by atoms with E-state index in [2.05, 4.69) is 0 Å². The minimum atomic E-state index is -3.08. The smallest absolute Gasteiger partial charge is 0.211 e. The van der Waals surface area contributed by atoms with Crippen LogP contribution in [0.4, 0.5) is 0 Å². The van der Waals surface area contributed by atoms with Gasteiger partial charge in [-0.1, -0.05) is 30.3 Å². The normalized spacial score (nSPS) is 21.3. The summed E-state index contributed by atoms with van der Waals surface area (Å²) in [6.45, 7) is 1.01. The van der Waals surface area contributed by atoms with E-state index in [9.17, 15) is 8.42 Å². The van der Waals surface area contributed by atoms with Gasteiger partial charge in [0.05, 0.1) is 6.26 Å². The molecule has 5 heteroatoms. The van der Waals surface area contributed by atoms with Crippen molar-refractivity contribution < 1.29 is 8.42 Å². The van der Waals surface area contributed by atoms with Gasteiger partial charge in [0.1, 0.15) is 0 Å². The van der Waals surface area contributed by atoms with E-state index in [1.54, 1.807) is 0 Å². The maximum absolute atomic E-state index is 11.4. The summed E-state index contributed by atoms with van der Waals surface area (Å²) in [6, 6.07) is 9.91. The summed E-state index contributed by atoms with van der Waals surface area (Å²) in [5.41, 5.74) is 7.07. The van der Waals surface area contributed by atoms with Crippen LogP contribution in [0.3, 0.4) is 0 Å². The van der Waals surface area contributed by atoms with Gasteiger partial charge < -0.3 is 5.73 Å². The third kappa shape index (κ3) is 2.68. The maximum atomic E-state index is 11.4. The minimum Gasteiger partial charge on any atom is -0.321 e. The predicted molar refractivity (Wildman–Crippen MR) is 68.0 cm³/mol. The number of piperidine rings is 1. The van der Waals surface area contributed by atoms with Crippen molar-refractivity contribution in [3.05, 3.63) is 35.9 Å². The van der Waals surface area contributed by atoms with E-state index in [0.717, 1.165) is 5.56 Å². The molecule has 1 fully saturated rings. The first kappa shape index (κ1) is 12.5. The molecule has 2 rings (SSSR count). The summed E-state index contributed by atoms with van der Waals surface area (Å²) in [5, 5.41) is 0. The Kier molecular flexibility index (Phi) is 3.25. The Morgan fingerprint density at radius 1 is 1.18 bits per heavy atom. The van der Waals surface area contributed by atoms with Gasteiger partial charge in [-0.25, -0.2) is 12.7 Å². The van der Waals surface area contributed by atoms with Gasteiger partial charge in [0.15, 0.2) is 0 Å². The van der Waals surface area contributed by atoms with Gasteiger partial charge in [0.25, 0.3) is 0 Å². The molecule has 0 spiro atoms. The molecular formula is C12H18N2O2S. The first-order valence-corrected chi connectivity index (χ1v) is 7.56. The first-order valence-electron chi connectivity index (χ1n) is 5.71. The summed E-state index contributed by atoms with van der Waals surface area (Å²) in [7, 11) is -3.08. The van der Waals surface area contributed by atoms with Gasteiger partial charge in [-0.3, -0.25) is 0 Å². The van der Waals surface area contributed by atoms with E-state index in [4.69, 9.17) is 5.73 Å². The highest BCUT2D eigenvalue weighted by atomic mass is 32.2. The zero-order valence-electron chi connectivity index (χ0n) is 9.96. The Labute approximate surface area is 102 Å². The molecule has 1 aliphatic heterocycles. The van der Waals surface area contributed by atoms with E-state index < -0.39 is 10.0 Å². The Bertz CT molecular complexity index is 476. The fourth-order valence-electron chi connectivity index (χ4n) is 2.28. The summed E-state index contributed by atoms with van der Waals surface area (Å²) in [5.74, 6) is 0. The average molecular weight is 254 g/mol. The van der Waals surface area contributed by atoms with E-state index in [1.165, 1.54) is 10.6 Å². The summed E-state index contributed by atoms with van der Waals surface area (Å²) in [4.78, 5) is 0. The van der Waals surface area contributed by atoms with Crippen LogP contribution < -0.4 is 5.73 Å². The van der Waals surface area contributed by atoms with Crippen molar-refractivity contribution >= 4 is 10.0 Å². The second kappa shape index (κ2) is 4.40. The Balaban J connectivity index is 2.13. The number of nitrogens with two attached hydrogens (primary N) is 1. The quantitative estimate of drug-likeness (QED) is 0.852. The van der Waals surface area contributed by atoms with Crippen LogP contribution in [-0.2, 0) is 15.6 Å². The molecule has 1 saturated heterocycles. The van der Waals surface area contributed by atoms with Gasteiger partial charge in [-0.05, 0) is 18.4 Å². The second-order valence-corrected chi connectivity index (χ2v) is 6.67. The first-order chi connectivity index (χ1) is 7.92. The molecule has 0 amide bonds. The average Bonchev–Trinajstić information content (AvgIpc) is 2.29. The lowest BCUT2D eigenvalue weighted by Crippen LogP contribution is -2.49. The van der Waals surface area contributed by atoms with Gasteiger partial charge in [-0.2, -0.15) is 0 Å². The lowest BCUT2D eigenvalue weighted by molar-refractivity contribution is 0.239. The van der Waals surface area contributed by atoms with Crippen molar-refractivity contribution in [2.45, 2.75) is 18.4 Å². The topological polar surface area (TPSA) is 63.4 Å². The number of rotatable bonds is 2. The monoisotopic (exact) mass is 254 g/mol. The molecule has 1 aliphatic rings. The van der Waals surface area contributed by atoms with E-state index in [0.29, 0.717) is 25.9 Å². The molecule has 0 aliphatic carbocycles. The van der Waals surface area contributed by atoms with Crippen molar-refractivity contribution in [2.24, 2.45) is 5.73 Å². The zero-order chi connectivity index (χ0) is 12.5. The van der Waals surface area contributed by atoms with Crippen molar-refractivity contribution in [3.8, 4) is 0 Å². The van der Waals surface area contributed by atoms with Gasteiger partial charge in [-0.15, -0.1) is 0 Å². The molecule has 1 aromatic rings. The fourth-order valence-corrected chi connectivity index (χ4v) is 3.12. The highest BCUT2D eigenvalue weighted by Crippen LogP contribution is 2.30. The molecule has 2 N–H and O–H groups in total. The largest absolute Gasteiger partial charge is 0.321 e. The molecule has 0 bridgehead atoms. The molecule has 0 aromatic heterocycles. The van der Waals surface area contributed by atoms with Gasteiger partial charge >= 0.3 is 0 Å². The number of nitrogens with zero attached hydrogens (tertiary/aromatic N) is 1. The standard InChI is InChI=1S/C12H18N2O2S/c1-17(15,16)14-9-7-12(13,8-10-14)11-5-3-2-4-6-11/h2-6H,7-10,13H2,1H3. The van der Waals surface area contributed by atoms with Gasteiger partial charge in [0.2, 0.25) is 10.0 Å². The van der Waals surface area contributed by atoms with Crippen LogP contribution >= 0.6 is 0 Å². The summed E-state index contributed by atoms with van der Waals surface area (Å²) in [6.07, 6.45) is 2.59. The third-order valence-electron chi connectivity index (χ3n) is 3.43. The highest BCUT2D eigenvalue weighted by molar-refractivity contribution is 7.88. The molecule has 0 radical (unpaired) electrons. The maximum Gasteiger partial charge on any atom is 0.211 e. The second-order valence-electron chi connectivity index (χ2n) is 4.68. The van der Waals surface area contributed by atoms with Crippen LogP contribution in [0.1, 0.15) is 18.4 Å². The Hall–Kier alpha value is -0.910. The SMILES string of the molecule is CS(=O)(=O)N1CCC(N)(c2ccccc2)CC1. The van der Waals surface area contributed by atoms with E-state index in [1.807, 2.05) is 30.3 Å². The molecule has 4 nitrogen and oxygen atoms in total. The van der Waals surface area contributed by atoms with Crippen LogP contribution in [0.2, 0.25) is 0 Å². The Morgan fingerprint density at radius 3 is 2.18 bits per heavy atom. The zero-order valence-corrected chi connectivity index (χ0v) is 10.8. The predicted octanol–water partition coefficient (Wildman–Crippen LogP) is 0.896. The lowest BCUT2D eigenvalue weighted by atomic mass is 9.83. The molecular weight excluding hydrogens is 236 g/mol. The number of hydrogen-bond acceptors (Lipinski definition) is 3. The van der Waals surface area contributed by atoms with Crippen LogP contribution in [0.5, 0.6) is 0 Å². The molecule has 17 heavy (non-hydrogen) atoms. The van der Waals surface area contributed by atoms with Crippen molar-refractivity contribution in [3.63, 3.8) is 0 Å². The Morgan fingerprint density at radius 2 is 1.71 bits per heavy atom. The number of benzene rings is 1. The third-order valence-corrected chi connectivity index (χ3v) is 4.74. The van der Waals surface area contributed by atoms with E-state index >= 15 is 0 Å². The van der Waals surface area contributed by atoms with E-state index in [-0.39, 0.29) is 5.54 Å². The van der Waals surface area contributed by atoms with Crippen LogP contribution in [0.25, 0.3) is 0 Å². The van der Waals surface area contributed by atoms with Crippen LogP contribution in [-0.4, -0.2) is 32.1 Å². The van der Waals surface area contributed by atoms with Crippen molar-refractivity contribution in [1.82, 2.24) is 4.31 Å². The van der Waals surface area contributed by atoms with Crippen LogP contribution in [0, 0.1) is 0 Å². The molecule has 0 atom stereocenters. The molecule has 0 saturated carbocycles. The molecule has 94 valence electrons. The molecule has 1 heterocycles. The van der Waals surface area contributed by atoms with Crippen molar-refractivity contribution in [2.75, 3.05) is 19.3 Å². The summed E-state index contributed by atoms with van der Waals surface area (Å²) >= 11 is 0. The van der Waals surface area contributed by atoms with Gasteiger partial charge in [0, 0.05) is 18.6 Å². The fraction of sp³-hybridized carbons (Fsp3) is 0.500. The number of hydrogen-bond donors (Lipinski definition) is 1. The molecule has 0 unspecified atom stereocenters. The molecule has 1 aromatic carbocycles. The van der Waals surface area contributed by atoms with Crippen molar-refractivity contribution in [1.29, 1.82) is 0 Å². The highest BCUT2D eigenvalue weighted by Gasteiger charge is 2.34. The van der Waals surface area contributed by atoms with Crippen LogP contribution in [0.15, 0.2) is 30.3 Å². The minimum absolute atomic E-state index is 0.386.